The average Bonchev–Trinajstić information content (AvgIpc) is 2.25. The first kappa shape index (κ1) is 13.5. The van der Waals surface area contributed by atoms with Gasteiger partial charge in [0, 0.05) is 38.2 Å². The number of aliphatic hydroxyl groups is 1. The van der Waals surface area contributed by atoms with Crippen LogP contribution in [0.5, 0.6) is 0 Å². The highest BCUT2D eigenvalue weighted by Gasteiger charge is 2.28. The lowest BCUT2D eigenvalue weighted by atomic mass is 10.1. The molecule has 0 spiro atoms. The number of hydrogen-bond donors (Lipinski definition) is 1. The van der Waals surface area contributed by atoms with Gasteiger partial charge < -0.3 is 10.0 Å². The number of nitrogens with zero attached hydrogens (tertiary/aromatic N) is 2. The average molecular weight is 228 g/mol. The van der Waals surface area contributed by atoms with Crippen molar-refractivity contribution in [1.29, 1.82) is 0 Å². The predicted molar refractivity (Wildman–Crippen MR) is 64.2 cm³/mol. The molecule has 94 valence electrons. The zero-order valence-corrected chi connectivity index (χ0v) is 10.6. The largest absolute Gasteiger partial charge is 0.396 e. The fourth-order valence-corrected chi connectivity index (χ4v) is 2.15. The number of carbonyl (C=O) groups is 1. The van der Waals surface area contributed by atoms with Gasteiger partial charge in [-0.1, -0.05) is 0 Å². The molecule has 0 aromatic heterocycles. The van der Waals surface area contributed by atoms with Gasteiger partial charge in [0.25, 0.3) is 0 Å². The lowest BCUT2D eigenvalue weighted by Crippen LogP contribution is -2.56. The number of amides is 1. The first-order chi connectivity index (χ1) is 7.56. The standard InChI is InChI=1S/C12H24N2O2/c1-10-8-14(9-11(2)13(10)3)12(16)6-4-5-7-15/h10-11,15H,4-9H2,1-3H3. The topological polar surface area (TPSA) is 43.8 Å². The van der Waals surface area contributed by atoms with Gasteiger partial charge in [-0.3, -0.25) is 9.69 Å². The highest BCUT2D eigenvalue weighted by atomic mass is 16.3. The van der Waals surface area contributed by atoms with Crippen LogP contribution < -0.4 is 0 Å². The minimum absolute atomic E-state index is 0.183. The third-order valence-corrected chi connectivity index (χ3v) is 3.51. The van der Waals surface area contributed by atoms with Gasteiger partial charge in [-0.2, -0.15) is 0 Å². The summed E-state index contributed by atoms with van der Waals surface area (Å²) in [6, 6.07) is 0.871. The highest BCUT2D eigenvalue weighted by Crippen LogP contribution is 2.14. The smallest absolute Gasteiger partial charge is 0.222 e. The third kappa shape index (κ3) is 3.46. The van der Waals surface area contributed by atoms with E-state index >= 15 is 0 Å². The molecular weight excluding hydrogens is 204 g/mol. The minimum atomic E-state index is 0.183. The molecule has 1 N–H and O–H groups in total. The highest BCUT2D eigenvalue weighted by molar-refractivity contribution is 5.76. The first-order valence-corrected chi connectivity index (χ1v) is 6.16. The molecule has 0 bridgehead atoms. The van der Waals surface area contributed by atoms with E-state index in [1.807, 2.05) is 4.90 Å². The monoisotopic (exact) mass is 228 g/mol. The van der Waals surface area contributed by atoms with Crippen LogP contribution in [0.15, 0.2) is 0 Å². The van der Waals surface area contributed by atoms with Crippen LogP contribution in [-0.4, -0.2) is 59.6 Å². The Labute approximate surface area is 98.2 Å². The summed E-state index contributed by atoms with van der Waals surface area (Å²) < 4.78 is 0. The first-order valence-electron chi connectivity index (χ1n) is 6.16. The van der Waals surface area contributed by atoms with E-state index < -0.39 is 0 Å². The Morgan fingerprint density at radius 2 is 1.81 bits per heavy atom. The van der Waals surface area contributed by atoms with Crippen LogP contribution >= 0.6 is 0 Å². The summed E-state index contributed by atoms with van der Waals surface area (Å²) in [5.74, 6) is 0.236. The third-order valence-electron chi connectivity index (χ3n) is 3.51. The SMILES string of the molecule is CC1CN(C(=O)CCCCO)CC(C)N1C. The van der Waals surface area contributed by atoms with Crippen LogP contribution in [0.4, 0.5) is 0 Å². The number of rotatable bonds is 4. The van der Waals surface area contributed by atoms with Crippen molar-refractivity contribution in [3.8, 4) is 0 Å². The summed E-state index contributed by atoms with van der Waals surface area (Å²) in [6.07, 6.45) is 2.10. The fourth-order valence-electron chi connectivity index (χ4n) is 2.15. The lowest BCUT2D eigenvalue weighted by molar-refractivity contribution is -0.135. The van der Waals surface area contributed by atoms with Crippen molar-refractivity contribution in [2.24, 2.45) is 0 Å². The Morgan fingerprint density at radius 1 is 1.25 bits per heavy atom. The van der Waals surface area contributed by atoms with Crippen LogP contribution in [-0.2, 0) is 4.79 Å². The minimum Gasteiger partial charge on any atom is -0.396 e. The second-order valence-electron chi connectivity index (χ2n) is 4.84. The Bertz CT molecular complexity index is 221. The normalized spacial score (nSPS) is 27.1. The fraction of sp³-hybridized carbons (Fsp3) is 0.917. The van der Waals surface area contributed by atoms with Crippen LogP contribution in [0.25, 0.3) is 0 Å². The van der Waals surface area contributed by atoms with E-state index in [2.05, 4.69) is 25.8 Å². The summed E-state index contributed by atoms with van der Waals surface area (Å²) in [6.45, 7) is 6.16. The second-order valence-corrected chi connectivity index (χ2v) is 4.84. The molecule has 4 heteroatoms. The maximum Gasteiger partial charge on any atom is 0.222 e. The molecule has 0 aromatic rings. The lowest BCUT2D eigenvalue weighted by Gasteiger charge is -2.42. The van der Waals surface area contributed by atoms with E-state index in [0.29, 0.717) is 18.5 Å². The van der Waals surface area contributed by atoms with Crippen LogP contribution in [0.3, 0.4) is 0 Å². The molecule has 0 aromatic carbocycles. The van der Waals surface area contributed by atoms with Crippen molar-refractivity contribution in [2.45, 2.75) is 45.2 Å². The molecule has 1 heterocycles. The van der Waals surface area contributed by atoms with Gasteiger partial charge in [0.1, 0.15) is 0 Å². The molecule has 0 saturated carbocycles. The van der Waals surface area contributed by atoms with Crippen LogP contribution in [0.2, 0.25) is 0 Å². The Hall–Kier alpha value is -0.610. The van der Waals surface area contributed by atoms with Crippen molar-refractivity contribution in [1.82, 2.24) is 9.80 Å². The number of unbranched alkanes of at least 4 members (excludes halogenated alkanes) is 1. The Balaban J connectivity index is 2.39. The molecule has 1 aliphatic rings. The zero-order valence-electron chi connectivity index (χ0n) is 10.6. The van der Waals surface area contributed by atoms with Gasteiger partial charge in [-0.05, 0) is 33.7 Å². The molecule has 1 fully saturated rings. The Kier molecular flexibility index (Phi) is 5.22. The van der Waals surface area contributed by atoms with E-state index in [0.717, 1.165) is 25.9 Å². The van der Waals surface area contributed by atoms with Crippen molar-refractivity contribution in [2.75, 3.05) is 26.7 Å². The maximum absolute atomic E-state index is 11.9. The van der Waals surface area contributed by atoms with Crippen molar-refractivity contribution in [3.05, 3.63) is 0 Å². The van der Waals surface area contributed by atoms with E-state index in [-0.39, 0.29) is 12.5 Å². The molecular formula is C12H24N2O2. The van der Waals surface area contributed by atoms with Crippen molar-refractivity contribution < 1.29 is 9.90 Å². The number of carbonyl (C=O) groups excluding carboxylic acids is 1. The maximum atomic E-state index is 11.9. The van der Waals surface area contributed by atoms with Crippen molar-refractivity contribution >= 4 is 5.91 Å². The molecule has 1 amide bonds. The summed E-state index contributed by atoms with van der Waals surface area (Å²) in [4.78, 5) is 16.2. The molecule has 1 aliphatic heterocycles. The van der Waals surface area contributed by atoms with E-state index in [1.165, 1.54) is 0 Å². The number of aliphatic hydroxyl groups excluding tert-OH is 1. The van der Waals surface area contributed by atoms with E-state index in [4.69, 9.17) is 5.11 Å². The van der Waals surface area contributed by atoms with Crippen LogP contribution in [0, 0.1) is 0 Å². The number of likely N-dealkylation sites (N-methyl/N-ethyl adjacent to an activating group) is 1. The zero-order chi connectivity index (χ0) is 12.1. The van der Waals surface area contributed by atoms with Gasteiger partial charge in [0.2, 0.25) is 5.91 Å². The van der Waals surface area contributed by atoms with Gasteiger partial charge in [-0.15, -0.1) is 0 Å². The second kappa shape index (κ2) is 6.21. The molecule has 4 nitrogen and oxygen atoms in total. The van der Waals surface area contributed by atoms with E-state index in [9.17, 15) is 4.79 Å². The van der Waals surface area contributed by atoms with E-state index in [1.54, 1.807) is 0 Å². The predicted octanol–water partition coefficient (Wildman–Crippen LogP) is 0.700. The summed E-state index contributed by atoms with van der Waals surface area (Å²) in [7, 11) is 2.11. The molecule has 1 saturated heterocycles. The quantitative estimate of drug-likeness (QED) is 0.720. The molecule has 1 rings (SSSR count). The molecule has 16 heavy (non-hydrogen) atoms. The summed E-state index contributed by atoms with van der Waals surface area (Å²) in [5, 5.41) is 8.68. The van der Waals surface area contributed by atoms with Gasteiger partial charge in [0.15, 0.2) is 0 Å². The Morgan fingerprint density at radius 3 is 2.31 bits per heavy atom. The van der Waals surface area contributed by atoms with Crippen molar-refractivity contribution in [3.63, 3.8) is 0 Å². The molecule has 0 radical (unpaired) electrons. The molecule has 0 aliphatic carbocycles. The van der Waals surface area contributed by atoms with Gasteiger partial charge in [-0.25, -0.2) is 0 Å². The van der Waals surface area contributed by atoms with Gasteiger partial charge in [0.05, 0.1) is 0 Å². The number of piperazine rings is 1. The van der Waals surface area contributed by atoms with Gasteiger partial charge >= 0.3 is 0 Å². The number of hydrogen-bond acceptors (Lipinski definition) is 3. The van der Waals surface area contributed by atoms with Crippen LogP contribution in [0.1, 0.15) is 33.1 Å². The summed E-state index contributed by atoms with van der Waals surface area (Å²) >= 11 is 0. The molecule has 2 atom stereocenters. The summed E-state index contributed by atoms with van der Waals surface area (Å²) in [5.41, 5.74) is 0. The molecule has 2 unspecified atom stereocenters.